The molecule has 2 heterocycles. The van der Waals surface area contributed by atoms with Crippen LogP contribution in [0.3, 0.4) is 0 Å². The first-order chi connectivity index (χ1) is 17.1. The third-order valence-corrected chi connectivity index (χ3v) is 5.85. The number of nitrogens with one attached hydrogen (secondary N) is 3. The monoisotopic (exact) mass is 506 g/mol. The molecule has 2 aromatic heterocycles. The lowest BCUT2D eigenvalue weighted by atomic mass is 10.0. The van der Waals surface area contributed by atoms with Crippen LogP contribution in [0, 0.1) is 5.92 Å². The van der Waals surface area contributed by atoms with E-state index in [1.165, 1.54) is 43.2 Å². The smallest absolute Gasteiger partial charge is 0.418 e. The zero-order chi connectivity index (χ0) is 26.2. The van der Waals surface area contributed by atoms with Gasteiger partial charge in [-0.1, -0.05) is 6.07 Å². The van der Waals surface area contributed by atoms with Crippen LogP contribution < -0.4 is 20.7 Å². The summed E-state index contributed by atoms with van der Waals surface area (Å²) < 4.78 is 52.6. The molecular formula is C23H25F3N6O4. The first-order valence-electron chi connectivity index (χ1n) is 11.0. The predicted octanol–water partition coefficient (Wildman–Crippen LogP) is 3.68. The molecule has 0 saturated heterocycles. The Morgan fingerprint density at radius 3 is 2.53 bits per heavy atom. The number of fused-ring (bicyclic) bond motifs is 1. The second kappa shape index (κ2) is 9.64. The number of rotatable bonds is 8. The van der Waals surface area contributed by atoms with Gasteiger partial charge in [0.15, 0.2) is 11.9 Å². The average Bonchev–Trinajstić information content (AvgIpc) is 3.63. The normalized spacial score (nSPS) is 14.4. The molecule has 192 valence electrons. The first-order valence-corrected chi connectivity index (χ1v) is 11.0. The van der Waals surface area contributed by atoms with E-state index in [1.54, 1.807) is 7.05 Å². The highest BCUT2D eigenvalue weighted by molar-refractivity contribution is 6.04. The number of halogens is 3. The average molecular weight is 506 g/mol. The largest absolute Gasteiger partial charge is 0.496 e. The third kappa shape index (κ3) is 4.78. The number of alkyl halides is 3. The molecule has 3 aromatic rings. The molecule has 1 aromatic carbocycles. The number of aryl methyl sites for hydroxylation is 1. The molecule has 0 bridgehead atoms. The number of carbonyl (C=O) groups is 2. The lowest BCUT2D eigenvalue weighted by molar-refractivity contribution is -0.216. The Bertz CT molecular complexity index is 1320. The Balaban J connectivity index is 1.83. The zero-order valence-corrected chi connectivity index (χ0v) is 20.0. The molecule has 10 nitrogen and oxygen atoms in total. The molecule has 4 rings (SSSR count). The van der Waals surface area contributed by atoms with E-state index in [0.717, 1.165) is 20.0 Å². The number of carbonyl (C=O) groups excluding carboxylic acids is 2. The first kappa shape index (κ1) is 25.2. The quantitative estimate of drug-likeness (QED) is 0.426. The number of hydrogen-bond donors (Lipinski definition) is 3. The highest BCUT2D eigenvalue weighted by Gasteiger charge is 2.43. The lowest BCUT2D eigenvalue weighted by Gasteiger charge is -2.22. The Kier molecular flexibility index (Phi) is 6.76. The van der Waals surface area contributed by atoms with E-state index in [0.29, 0.717) is 5.52 Å². The molecule has 0 spiro atoms. The summed E-state index contributed by atoms with van der Waals surface area (Å²) in [6.07, 6.45) is -4.01. The third-order valence-electron chi connectivity index (χ3n) is 5.85. The molecule has 13 heteroatoms. The molecule has 1 aliphatic carbocycles. The predicted molar refractivity (Wildman–Crippen MR) is 125 cm³/mol. The number of pyridine rings is 1. The summed E-state index contributed by atoms with van der Waals surface area (Å²) in [6, 6.07) is 4.23. The summed E-state index contributed by atoms with van der Waals surface area (Å²) in [5.74, 6) is -0.426. The molecule has 1 fully saturated rings. The van der Waals surface area contributed by atoms with Crippen LogP contribution in [0.5, 0.6) is 5.75 Å². The van der Waals surface area contributed by atoms with Crippen molar-refractivity contribution in [3.05, 3.63) is 35.5 Å². The summed E-state index contributed by atoms with van der Waals surface area (Å²) in [4.78, 5) is 28.8. The van der Waals surface area contributed by atoms with Crippen LogP contribution in [0.25, 0.3) is 10.9 Å². The summed E-state index contributed by atoms with van der Waals surface area (Å²) in [6.45, 7) is 0. The molecule has 1 aliphatic rings. The van der Waals surface area contributed by atoms with Gasteiger partial charge in [0.05, 0.1) is 29.3 Å². The molecule has 0 radical (unpaired) electrons. The van der Waals surface area contributed by atoms with Gasteiger partial charge in [-0.05, 0) is 18.9 Å². The number of aromatic nitrogens is 3. The van der Waals surface area contributed by atoms with Gasteiger partial charge in [0.2, 0.25) is 5.91 Å². The van der Waals surface area contributed by atoms with Crippen molar-refractivity contribution in [3.63, 3.8) is 0 Å². The van der Waals surface area contributed by atoms with Crippen LogP contribution in [0.1, 0.15) is 34.9 Å². The van der Waals surface area contributed by atoms with Crippen LogP contribution in [0.15, 0.2) is 24.4 Å². The highest BCUT2D eigenvalue weighted by Crippen LogP contribution is 2.44. The summed E-state index contributed by atoms with van der Waals surface area (Å²) in [7, 11) is 5.29. The number of ether oxygens (including phenoxy) is 2. The Morgan fingerprint density at radius 2 is 1.94 bits per heavy atom. The van der Waals surface area contributed by atoms with Crippen molar-refractivity contribution in [1.29, 1.82) is 0 Å². The zero-order valence-electron chi connectivity index (χ0n) is 20.0. The van der Waals surface area contributed by atoms with Gasteiger partial charge in [0, 0.05) is 44.9 Å². The number of amides is 2. The van der Waals surface area contributed by atoms with E-state index >= 15 is 0 Å². The maximum atomic E-state index is 13.7. The van der Waals surface area contributed by atoms with Crippen molar-refractivity contribution in [3.8, 4) is 5.75 Å². The van der Waals surface area contributed by atoms with E-state index in [1.807, 2.05) is 0 Å². The number of hydrogen-bond acceptors (Lipinski definition) is 7. The van der Waals surface area contributed by atoms with Gasteiger partial charge in [-0.2, -0.15) is 18.3 Å². The van der Waals surface area contributed by atoms with Crippen LogP contribution in [0.4, 0.5) is 30.5 Å². The molecular weight excluding hydrogens is 481 g/mol. The summed E-state index contributed by atoms with van der Waals surface area (Å²) in [5.41, 5.74) is 0.630. The Morgan fingerprint density at radius 1 is 1.22 bits per heavy atom. The molecule has 0 aliphatic heterocycles. The van der Waals surface area contributed by atoms with Gasteiger partial charge in [-0.3, -0.25) is 14.3 Å². The maximum Gasteiger partial charge on any atom is 0.418 e. The fraction of sp³-hybridized carbons (Fsp3) is 0.391. The topological polar surface area (TPSA) is 119 Å². The molecule has 3 N–H and O–H groups in total. The minimum absolute atomic E-state index is 0.0633. The van der Waals surface area contributed by atoms with Gasteiger partial charge in [0.25, 0.3) is 5.91 Å². The van der Waals surface area contributed by atoms with Gasteiger partial charge in [-0.25, -0.2) is 4.98 Å². The summed E-state index contributed by atoms with van der Waals surface area (Å²) in [5, 5.41) is 12.9. The number of anilines is 3. The van der Waals surface area contributed by atoms with E-state index < -0.39 is 18.2 Å². The molecule has 1 atom stereocenters. The second-order valence-electron chi connectivity index (χ2n) is 8.29. The van der Waals surface area contributed by atoms with Crippen molar-refractivity contribution in [2.24, 2.45) is 13.0 Å². The van der Waals surface area contributed by atoms with E-state index in [9.17, 15) is 22.8 Å². The van der Waals surface area contributed by atoms with Crippen LogP contribution in [-0.2, 0) is 16.6 Å². The van der Waals surface area contributed by atoms with Crippen LogP contribution >= 0.6 is 0 Å². The minimum atomic E-state index is -4.68. The van der Waals surface area contributed by atoms with E-state index in [-0.39, 0.29) is 51.4 Å². The SMILES string of the molecule is CNC(=O)c1cnc(NC(=O)C2CC2)cc1Nc1nn(C)c2ccc([C@H](OC)C(F)(F)F)c(OC)c12. The van der Waals surface area contributed by atoms with Crippen molar-refractivity contribution in [2.75, 3.05) is 31.9 Å². The van der Waals surface area contributed by atoms with Crippen molar-refractivity contribution >= 4 is 40.0 Å². The summed E-state index contributed by atoms with van der Waals surface area (Å²) >= 11 is 0. The van der Waals surface area contributed by atoms with Gasteiger partial charge in [-0.15, -0.1) is 0 Å². The fourth-order valence-corrected chi connectivity index (χ4v) is 3.94. The van der Waals surface area contributed by atoms with Crippen molar-refractivity contribution in [2.45, 2.75) is 25.1 Å². The Hall–Kier alpha value is -3.87. The number of benzene rings is 1. The number of methoxy groups -OCH3 is 2. The van der Waals surface area contributed by atoms with E-state index in [4.69, 9.17) is 9.47 Å². The molecule has 0 unspecified atom stereocenters. The number of nitrogens with zero attached hydrogens (tertiary/aromatic N) is 3. The van der Waals surface area contributed by atoms with Crippen molar-refractivity contribution in [1.82, 2.24) is 20.1 Å². The second-order valence-corrected chi connectivity index (χ2v) is 8.29. The standard InChI is InChI=1S/C23H25F3N6O4/c1-27-22(34)13-10-28-16(30-21(33)11-5-6-11)9-14(13)29-20-17-15(32(2)31-20)8-7-12(18(17)35-3)19(36-4)23(24,25)26/h7-11,19H,5-6H2,1-4H3,(H,27,34)(H2,28,29,30,31,33)/t19-/m0/s1. The van der Waals surface area contributed by atoms with Crippen LogP contribution in [0.2, 0.25) is 0 Å². The van der Waals surface area contributed by atoms with Gasteiger partial charge < -0.3 is 25.4 Å². The fourth-order valence-electron chi connectivity index (χ4n) is 3.94. The Labute approximate surface area is 204 Å². The lowest BCUT2D eigenvalue weighted by Crippen LogP contribution is -2.23. The van der Waals surface area contributed by atoms with Gasteiger partial charge in [0.1, 0.15) is 11.6 Å². The van der Waals surface area contributed by atoms with E-state index in [2.05, 4.69) is 26.0 Å². The molecule has 36 heavy (non-hydrogen) atoms. The molecule has 2 amide bonds. The van der Waals surface area contributed by atoms with Crippen LogP contribution in [-0.4, -0.2) is 54.0 Å². The minimum Gasteiger partial charge on any atom is -0.496 e. The maximum absolute atomic E-state index is 13.7. The molecule has 1 saturated carbocycles. The van der Waals surface area contributed by atoms with Crippen molar-refractivity contribution < 1.29 is 32.2 Å². The van der Waals surface area contributed by atoms with Gasteiger partial charge >= 0.3 is 6.18 Å². The highest BCUT2D eigenvalue weighted by atomic mass is 19.4.